The van der Waals surface area contributed by atoms with Crippen LogP contribution in [0.4, 0.5) is 17.6 Å². The number of hydrogen-bond acceptors (Lipinski definition) is 6. The first kappa shape index (κ1) is 9.01. The van der Waals surface area contributed by atoms with Gasteiger partial charge < -0.3 is 21.1 Å². The maximum atomic E-state index is 5.58. The third kappa shape index (κ3) is 1.85. The first-order valence-electron chi connectivity index (χ1n) is 4.48. The normalized spacial score (nSPS) is 17.0. The minimum atomic E-state index is 0.402. The van der Waals surface area contributed by atoms with Crippen molar-refractivity contribution in [1.82, 2.24) is 9.97 Å². The van der Waals surface area contributed by atoms with Crippen molar-refractivity contribution in [3.8, 4) is 0 Å². The number of aromatic nitrogens is 2. The van der Waals surface area contributed by atoms with Crippen molar-refractivity contribution in [1.29, 1.82) is 0 Å². The van der Waals surface area contributed by atoms with Crippen molar-refractivity contribution in [2.24, 2.45) is 0 Å². The fraction of sp³-hybridized carbons (Fsp3) is 0.500. The summed E-state index contributed by atoms with van der Waals surface area (Å²) >= 11 is 0. The van der Waals surface area contributed by atoms with Gasteiger partial charge in [-0.2, -0.15) is 9.97 Å². The number of ether oxygens (including phenoxy) is 1. The number of nitrogen functional groups attached to an aromatic ring is 2. The van der Waals surface area contributed by atoms with Gasteiger partial charge in [0.05, 0.1) is 13.2 Å². The van der Waals surface area contributed by atoms with Gasteiger partial charge >= 0.3 is 0 Å². The first-order valence-corrected chi connectivity index (χ1v) is 4.48. The van der Waals surface area contributed by atoms with Crippen LogP contribution in [0, 0.1) is 0 Å². The molecule has 2 heterocycles. The summed E-state index contributed by atoms with van der Waals surface area (Å²) in [7, 11) is 0. The predicted octanol–water partition coefficient (Wildman–Crippen LogP) is -0.522. The zero-order valence-electron chi connectivity index (χ0n) is 7.81. The van der Waals surface area contributed by atoms with Crippen LogP contribution in [0.15, 0.2) is 6.07 Å². The SMILES string of the molecule is Nc1cc(N)nc(N2CCOCC2)n1. The average Bonchev–Trinajstić information content (AvgIpc) is 2.18. The first-order chi connectivity index (χ1) is 6.75. The molecule has 1 fully saturated rings. The summed E-state index contributed by atoms with van der Waals surface area (Å²) in [6, 6.07) is 1.55. The Morgan fingerprint density at radius 2 is 1.71 bits per heavy atom. The van der Waals surface area contributed by atoms with E-state index >= 15 is 0 Å². The number of nitrogens with zero attached hydrogens (tertiary/aromatic N) is 3. The lowest BCUT2D eigenvalue weighted by Gasteiger charge is -2.26. The fourth-order valence-corrected chi connectivity index (χ4v) is 1.38. The number of anilines is 3. The highest BCUT2D eigenvalue weighted by atomic mass is 16.5. The Morgan fingerprint density at radius 3 is 2.29 bits per heavy atom. The third-order valence-corrected chi connectivity index (χ3v) is 2.05. The minimum absolute atomic E-state index is 0.402. The van der Waals surface area contributed by atoms with E-state index in [0.717, 1.165) is 13.1 Å². The summed E-state index contributed by atoms with van der Waals surface area (Å²) < 4.78 is 5.22. The van der Waals surface area contributed by atoms with Gasteiger partial charge in [0, 0.05) is 19.2 Å². The van der Waals surface area contributed by atoms with E-state index in [1.54, 1.807) is 6.07 Å². The van der Waals surface area contributed by atoms with Crippen molar-refractivity contribution < 1.29 is 4.74 Å². The van der Waals surface area contributed by atoms with Crippen LogP contribution in [-0.2, 0) is 4.74 Å². The molecule has 0 aromatic carbocycles. The van der Waals surface area contributed by atoms with Crippen LogP contribution >= 0.6 is 0 Å². The summed E-state index contributed by atoms with van der Waals surface area (Å²) in [6.45, 7) is 2.95. The Labute approximate surface area is 81.9 Å². The number of morpholine rings is 1. The molecule has 0 aliphatic carbocycles. The molecule has 4 N–H and O–H groups in total. The topological polar surface area (TPSA) is 90.3 Å². The molecule has 0 radical (unpaired) electrons. The third-order valence-electron chi connectivity index (χ3n) is 2.05. The van der Waals surface area contributed by atoms with Gasteiger partial charge in [0.2, 0.25) is 5.95 Å². The molecule has 0 atom stereocenters. The summed E-state index contributed by atoms with van der Waals surface area (Å²) in [5, 5.41) is 0. The average molecular weight is 195 g/mol. The van der Waals surface area contributed by atoms with Crippen LogP contribution in [0.5, 0.6) is 0 Å². The molecule has 0 bridgehead atoms. The second kappa shape index (κ2) is 3.67. The quantitative estimate of drug-likeness (QED) is 0.626. The second-order valence-corrected chi connectivity index (χ2v) is 3.12. The number of nitrogens with two attached hydrogens (primary N) is 2. The molecule has 76 valence electrons. The van der Waals surface area contributed by atoms with E-state index in [1.165, 1.54) is 0 Å². The van der Waals surface area contributed by atoms with E-state index in [0.29, 0.717) is 30.8 Å². The smallest absolute Gasteiger partial charge is 0.229 e. The molecule has 0 unspecified atom stereocenters. The molecule has 14 heavy (non-hydrogen) atoms. The van der Waals surface area contributed by atoms with Crippen LogP contribution in [0.25, 0.3) is 0 Å². The van der Waals surface area contributed by atoms with Crippen molar-refractivity contribution in [3.05, 3.63) is 6.07 Å². The second-order valence-electron chi connectivity index (χ2n) is 3.12. The lowest BCUT2D eigenvalue weighted by molar-refractivity contribution is 0.122. The summed E-state index contributed by atoms with van der Waals surface area (Å²) in [5.74, 6) is 1.39. The van der Waals surface area contributed by atoms with Crippen LogP contribution < -0.4 is 16.4 Å². The molecule has 1 aromatic rings. The highest BCUT2D eigenvalue weighted by molar-refractivity contribution is 5.48. The zero-order valence-corrected chi connectivity index (χ0v) is 7.81. The number of hydrogen-bond donors (Lipinski definition) is 2. The Hall–Kier alpha value is -1.56. The molecule has 1 saturated heterocycles. The Kier molecular flexibility index (Phi) is 2.36. The summed E-state index contributed by atoms with van der Waals surface area (Å²) in [6.07, 6.45) is 0. The highest BCUT2D eigenvalue weighted by Gasteiger charge is 2.14. The van der Waals surface area contributed by atoms with Crippen molar-refractivity contribution in [3.63, 3.8) is 0 Å². The van der Waals surface area contributed by atoms with E-state index in [-0.39, 0.29) is 0 Å². The van der Waals surface area contributed by atoms with Crippen LogP contribution in [-0.4, -0.2) is 36.3 Å². The van der Waals surface area contributed by atoms with E-state index in [4.69, 9.17) is 16.2 Å². The van der Waals surface area contributed by atoms with Crippen LogP contribution in [0.3, 0.4) is 0 Å². The van der Waals surface area contributed by atoms with Gasteiger partial charge in [-0.1, -0.05) is 0 Å². The largest absolute Gasteiger partial charge is 0.383 e. The predicted molar refractivity (Wildman–Crippen MR) is 53.9 cm³/mol. The molecule has 6 nitrogen and oxygen atoms in total. The molecule has 0 spiro atoms. The summed E-state index contributed by atoms with van der Waals surface area (Å²) in [5.41, 5.74) is 11.2. The van der Waals surface area contributed by atoms with Crippen LogP contribution in [0.1, 0.15) is 0 Å². The van der Waals surface area contributed by atoms with E-state index in [1.807, 2.05) is 4.90 Å². The molecule has 6 heteroatoms. The van der Waals surface area contributed by atoms with Crippen molar-refractivity contribution in [2.75, 3.05) is 42.7 Å². The molecule has 2 rings (SSSR count). The van der Waals surface area contributed by atoms with Crippen LogP contribution in [0.2, 0.25) is 0 Å². The molecule has 0 saturated carbocycles. The lowest BCUT2D eigenvalue weighted by atomic mass is 10.4. The van der Waals surface area contributed by atoms with E-state index < -0.39 is 0 Å². The Balaban J connectivity index is 2.21. The van der Waals surface area contributed by atoms with Gasteiger partial charge in [-0.25, -0.2) is 0 Å². The standard InChI is InChI=1S/C8H13N5O/c9-6-5-7(10)12-8(11-6)13-1-3-14-4-2-13/h5H,1-4H2,(H4,9,10,11,12). The molecule has 1 aliphatic heterocycles. The van der Waals surface area contributed by atoms with Gasteiger partial charge in [0.15, 0.2) is 0 Å². The fourth-order valence-electron chi connectivity index (χ4n) is 1.38. The molecular formula is C8H13N5O. The van der Waals surface area contributed by atoms with Gasteiger partial charge in [0.1, 0.15) is 11.6 Å². The molecule has 1 aromatic heterocycles. The van der Waals surface area contributed by atoms with E-state index in [9.17, 15) is 0 Å². The maximum absolute atomic E-state index is 5.58. The highest BCUT2D eigenvalue weighted by Crippen LogP contribution is 2.13. The van der Waals surface area contributed by atoms with Gasteiger partial charge in [-0.15, -0.1) is 0 Å². The van der Waals surface area contributed by atoms with Crippen molar-refractivity contribution >= 4 is 17.6 Å². The van der Waals surface area contributed by atoms with Gasteiger partial charge in [-0.05, 0) is 0 Å². The maximum Gasteiger partial charge on any atom is 0.229 e. The summed E-state index contributed by atoms with van der Waals surface area (Å²) in [4.78, 5) is 10.2. The molecule has 1 aliphatic rings. The number of rotatable bonds is 1. The Morgan fingerprint density at radius 1 is 1.14 bits per heavy atom. The molecule has 0 amide bonds. The molecular weight excluding hydrogens is 182 g/mol. The Bertz CT molecular complexity index is 303. The van der Waals surface area contributed by atoms with E-state index in [2.05, 4.69) is 9.97 Å². The lowest BCUT2D eigenvalue weighted by Crippen LogP contribution is -2.37. The zero-order chi connectivity index (χ0) is 9.97. The van der Waals surface area contributed by atoms with Gasteiger partial charge in [0.25, 0.3) is 0 Å². The monoisotopic (exact) mass is 195 g/mol. The van der Waals surface area contributed by atoms with Crippen molar-refractivity contribution in [2.45, 2.75) is 0 Å². The minimum Gasteiger partial charge on any atom is -0.383 e. The van der Waals surface area contributed by atoms with Gasteiger partial charge in [-0.3, -0.25) is 0 Å².